The maximum atomic E-state index is 12.3. The van der Waals surface area contributed by atoms with Crippen LogP contribution in [0.4, 0.5) is 5.69 Å². The molecular formula is C18H13Cl2NO3S3. The van der Waals surface area contributed by atoms with E-state index in [1.165, 1.54) is 11.8 Å². The first-order valence-corrected chi connectivity index (χ1v) is 11.7. The summed E-state index contributed by atoms with van der Waals surface area (Å²) in [6.45, 7) is 0. The molecule has 0 fully saturated rings. The molecule has 0 amide bonds. The molecule has 3 aromatic rings. The van der Waals surface area contributed by atoms with Crippen molar-refractivity contribution in [3.63, 3.8) is 0 Å². The Balaban J connectivity index is 1.61. The lowest BCUT2D eigenvalue weighted by atomic mass is 10.1. The van der Waals surface area contributed by atoms with Gasteiger partial charge in [-0.05, 0) is 53.9 Å². The van der Waals surface area contributed by atoms with Crippen LogP contribution in [0.1, 0.15) is 10.4 Å². The van der Waals surface area contributed by atoms with Crippen molar-refractivity contribution in [2.75, 3.05) is 10.5 Å². The summed E-state index contributed by atoms with van der Waals surface area (Å²) in [5, 5.41) is 2.45. The molecule has 1 N–H and O–H groups in total. The van der Waals surface area contributed by atoms with Crippen molar-refractivity contribution >= 4 is 67.8 Å². The van der Waals surface area contributed by atoms with Crippen molar-refractivity contribution in [1.82, 2.24) is 0 Å². The van der Waals surface area contributed by atoms with Crippen LogP contribution in [0, 0.1) is 0 Å². The highest BCUT2D eigenvalue weighted by molar-refractivity contribution is 8.00. The highest BCUT2D eigenvalue weighted by Crippen LogP contribution is 2.26. The number of nitrogens with one attached hydrogen (secondary N) is 1. The van der Waals surface area contributed by atoms with Gasteiger partial charge in [0.05, 0.1) is 15.8 Å². The van der Waals surface area contributed by atoms with E-state index in [4.69, 9.17) is 23.2 Å². The topological polar surface area (TPSA) is 63.2 Å². The van der Waals surface area contributed by atoms with Gasteiger partial charge in [0, 0.05) is 16.1 Å². The standard InChI is InChI=1S/C18H13Cl2NO3S3/c19-15-8-3-12(10-16(15)20)17(22)11-26-14-6-4-13(5-7-14)21-27(23,24)18-2-1-9-25-18/h1-10,21H,11H2. The molecule has 0 spiro atoms. The summed E-state index contributed by atoms with van der Waals surface area (Å²) in [5.74, 6) is 0.166. The molecule has 0 aliphatic carbocycles. The summed E-state index contributed by atoms with van der Waals surface area (Å²) in [6, 6.07) is 14.9. The number of ketones is 1. The highest BCUT2D eigenvalue weighted by Gasteiger charge is 2.15. The minimum Gasteiger partial charge on any atom is -0.293 e. The average molecular weight is 458 g/mol. The minimum atomic E-state index is -3.57. The summed E-state index contributed by atoms with van der Waals surface area (Å²) in [7, 11) is -3.57. The number of Topliss-reactive ketones (excluding diaryl/α,β-unsaturated/α-hetero) is 1. The summed E-state index contributed by atoms with van der Waals surface area (Å²) in [4.78, 5) is 13.1. The number of hydrogen-bond acceptors (Lipinski definition) is 5. The predicted octanol–water partition coefficient (Wildman–Crippen LogP) is 5.83. The number of sulfonamides is 1. The number of thiophene rings is 1. The predicted molar refractivity (Wildman–Crippen MR) is 113 cm³/mol. The molecule has 0 atom stereocenters. The zero-order chi connectivity index (χ0) is 19.4. The molecule has 0 unspecified atom stereocenters. The number of rotatable bonds is 7. The van der Waals surface area contributed by atoms with Crippen molar-refractivity contribution in [2.24, 2.45) is 0 Å². The van der Waals surface area contributed by atoms with Gasteiger partial charge in [0.15, 0.2) is 5.78 Å². The number of carbonyl (C=O) groups is 1. The Kier molecular flexibility index (Phi) is 6.49. The smallest absolute Gasteiger partial charge is 0.271 e. The lowest BCUT2D eigenvalue weighted by Gasteiger charge is -2.07. The molecule has 0 aliphatic rings. The summed E-state index contributed by atoms with van der Waals surface area (Å²) in [6.07, 6.45) is 0. The first kappa shape index (κ1) is 20.2. The maximum absolute atomic E-state index is 12.3. The van der Waals surface area contributed by atoms with Gasteiger partial charge in [0.25, 0.3) is 10.0 Å². The lowest BCUT2D eigenvalue weighted by Crippen LogP contribution is -2.11. The van der Waals surface area contributed by atoms with Crippen molar-refractivity contribution in [3.8, 4) is 0 Å². The third-order valence-electron chi connectivity index (χ3n) is 3.48. The fraction of sp³-hybridized carbons (Fsp3) is 0.0556. The van der Waals surface area contributed by atoms with Crippen LogP contribution >= 0.6 is 46.3 Å². The summed E-state index contributed by atoms with van der Waals surface area (Å²) < 4.78 is 27.2. The molecule has 0 saturated heterocycles. The first-order valence-electron chi connectivity index (χ1n) is 7.62. The maximum Gasteiger partial charge on any atom is 0.271 e. The minimum absolute atomic E-state index is 0.0685. The number of carbonyl (C=O) groups excluding carboxylic acids is 1. The number of halogens is 2. The van der Waals surface area contributed by atoms with Gasteiger partial charge >= 0.3 is 0 Å². The fourth-order valence-corrected chi connectivity index (χ4v) is 5.29. The first-order chi connectivity index (χ1) is 12.8. The van der Waals surface area contributed by atoms with Gasteiger partial charge in [-0.15, -0.1) is 23.1 Å². The van der Waals surface area contributed by atoms with E-state index >= 15 is 0 Å². The Hall–Kier alpha value is -1.51. The Bertz CT molecular complexity index is 1050. The molecule has 0 saturated carbocycles. The number of hydrogen-bond donors (Lipinski definition) is 1. The molecule has 0 bridgehead atoms. The second-order valence-electron chi connectivity index (χ2n) is 5.40. The van der Waals surface area contributed by atoms with Gasteiger partial charge in [-0.2, -0.15) is 0 Å². The normalized spacial score (nSPS) is 11.3. The van der Waals surface area contributed by atoms with Gasteiger partial charge in [0.2, 0.25) is 0 Å². The largest absolute Gasteiger partial charge is 0.293 e. The number of anilines is 1. The molecule has 0 radical (unpaired) electrons. The monoisotopic (exact) mass is 457 g/mol. The van der Waals surface area contributed by atoms with Crippen LogP contribution in [-0.4, -0.2) is 20.0 Å². The molecular weight excluding hydrogens is 445 g/mol. The van der Waals surface area contributed by atoms with Crippen LogP contribution in [0.3, 0.4) is 0 Å². The van der Waals surface area contributed by atoms with Crippen molar-refractivity contribution in [3.05, 3.63) is 75.6 Å². The van der Waals surface area contributed by atoms with Crippen molar-refractivity contribution in [2.45, 2.75) is 9.10 Å². The van der Waals surface area contributed by atoms with Crippen LogP contribution in [0.25, 0.3) is 0 Å². The molecule has 1 heterocycles. The third-order valence-corrected chi connectivity index (χ3v) is 8.01. The van der Waals surface area contributed by atoms with E-state index in [0.29, 0.717) is 21.3 Å². The van der Waals surface area contributed by atoms with Crippen LogP contribution in [-0.2, 0) is 10.0 Å². The Morgan fingerprint density at radius 3 is 2.41 bits per heavy atom. The highest BCUT2D eigenvalue weighted by atomic mass is 35.5. The second kappa shape index (κ2) is 8.67. The summed E-state index contributed by atoms with van der Waals surface area (Å²) in [5.41, 5.74) is 0.959. The SMILES string of the molecule is O=C(CSc1ccc(NS(=O)(=O)c2cccs2)cc1)c1ccc(Cl)c(Cl)c1. The quantitative estimate of drug-likeness (QED) is 0.357. The van der Waals surface area contributed by atoms with Gasteiger partial charge in [-0.25, -0.2) is 8.42 Å². The van der Waals surface area contributed by atoms with E-state index in [2.05, 4.69) is 4.72 Å². The van der Waals surface area contributed by atoms with Gasteiger partial charge in [-0.3, -0.25) is 9.52 Å². The Morgan fingerprint density at radius 1 is 1.04 bits per heavy atom. The van der Waals surface area contributed by atoms with Gasteiger partial charge in [0.1, 0.15) is 4.21 Å². The number of benzene rings is 2. The molecule has 140 valence electrons. The third kappa shape index (κ3) is 5.27. The fourth-order valence-electron chi connectivity index (χ4n) is 2.14. The molecule has 4 nitrogen and oxygen atoms in total. The van der Waals surface area contributed by atoms with E-state index in [1.807, 2.05) is 0 Å². The van der Waals surface area contributed by atoms with Crippen LogP contribution in [0.15, 0.2) is 69.1 Å². The van der Waals surface area contributed by atoms with E-state index < -0.39 is 10.0 Å². The summed E-state index contributed by atoms with van der Waals surface area (Å²) >= 11 is 14.3. The zero-order valence-corrected chi connectivity index (χ0v) is 17.6. The van der Waals surface area contributed by atoms with Crippen LogP contribution in [0.5, 0.6) is 0 Å². The Morgan fingerprint density at radius 2 is 1.78 bits per heavy atom. The van der Waals surface area contributed by atoms with E-state index in [0.717, 1.165) is 16.2 Å². The average Bonchev–Trinajstić information content (AvgIpc) is 3.19. The zero-order valence-electron chi connectivity index (χ0n) is 13.7. The van der Waals surface area contributed by atoms with E-state index in [9.17, 15) is 13.2 Å². The molecule has 2 aromatic carbocycles. The lowest BCUT2D eigenvalue weighted by molar-refractivity contribution is 0.102. The second-order valence-corrected chi connectivity index (χ2v) is 10.1. The number of thioether (sulfide) groups is 1. The molecule has 27 heavy (non-hydrogen) atoms. The van der Waals surface area contributed by atoms with Crippen LogP contribution < -0.4 is 4.72 Å². The van der Waals surface area contributed by atoms with E-state index in [-0.39, 0.29) is 15.7 Å². The molecule has 9 heteroatoms. The van der Waals surface area contributed by atoms with Gasteiger partial charge < -0.3 is 0 Å². The Labute approximate surface area is 175 Å². The molecule has 3 rings (SSSR count). The molecule has 0 aliphatic heterocycles. The van der Waals surface area contributed by atoms with Crippen molar-refractivity contribution < 1.29 is 13.2 Å². The van der Waals surface area contributed by atoms with Gasteiger partial charge in [-0.1, -0.05) is 29.3 Å². The van der Waals surface area contributed by atoms with E-state index in [1.54, 1.807) is 60.0 Å². The van der Waals surface area contributed by atoms with Crippen LogP contribution in [0.2, 0.25) is 10.0 Å². The van der Waals surface area contributed by atoms with Crippen molar-refractivity contribution in [1.29, 1.82) is 0 Å². The molecule has 1 aromatic heterocycles.